The average Bonchev–Trinajstić information content (AvgIpc) is 3.10. The molecule has 1 unspecified atom stereocenters. The van der Waals surface area contributed by atoms with Crippen LogP contribution in [0.3, 0.4) is 0 Å². The number of aliphatic hydroxyl groups excluding tert-OH is 1. The first-order chi connectivity index (χ1) is 12.0. The van der Waals surface area contributed by atoms with Crippen molar-refractivity contribution in [3.63, 3.8) is 0 Å². The molecule has 1 amide bonds. The Morgan fingerprint density at radius 3 is 2.64 bits per heavy atom. The molecule has 0 saturated heterocycles. The van der Waals surface area contributed by atoms with Crippen LogP contribution in [0.4, 0.5) is 0 Å². The van der Waals surface area contributed by atoms with Gasteiger partial charge in [0.25, 0.3) is 5.91 Å². The Balaban J connectivity index is 1.90. The van der Waals surface area contributed by atoms with Gasteiger partial charge in [-0.25, -0.2) is 4.98 Å². The summed E-state index contributed by atoms with van der Waals surface area (Å²) in [6.45, 7) is 3.83. The molecule has 0 bridgehead atoms. The minimum Gasteiger partial charge on any atom is -0.436 e. The van der Waals surface area contributed by atoms with Crippen molar-refractivity contribution < 1.29 is 14.3 Å². The maximum absolute atomic E-state index is 12.4. The molecule has 0 fully saturated rings. The molecule has 1 atom stereocenters. The van der Waals surface area contributed by atoms with E-state index in [1.165, 1.54) is 5.56 Å². The SMILES string of the molecule is Cc1ccc(-c2cnc(-c3ccccc3C(=O)NCC(C)O)o2)cc1. The lowest BCUT2D eigenvalue weighted by atomic mass is 10.1. The number of amides is 1. The molecule has 5 nitrogen and oxygen atoms in total. The number of benzene rings is 2. The topological polar surface area (TPSA) is 75.4 Å². The molecular weight excluding hydrogens is 316 g/mol. The second-order valence-electron chi connectivity index (χ2n) is 6.00. The van der Waals surface area contributed by atoms with E-state index in [4.69, 9.17) is 4.42 Å². The van der Waals surface area contributed by atoms with E-state index in [-0.39, 0.29) is 12.5 Å². The van der Waals surface area contributed by atoms with Gasteiger partial charge in [-0.05, 0) is 26.0 Å². The van der Waals surface area contributed by atoms with E-state index in [0.29, 0.717) is 22.8 Å². The van der Waals surface area contributed by atoms with Gasteiger partial charge in [0.2, 0.25) is 5.89 Å². The quantitative estimate of drug-likeness (QED) is 0.748. The number of aliphatic hydroxyl groups is 1. The summed E-state index contributed by atoms with van der Waals surface area (Å²) in [5, 5.41) is 12.0. The zero-order valence-corrected chi connectivity index (χ0v) is 14.2. The van der Waals surface area contributed by atoms with Crippen LogP contribution in [0.2, 0.25) is 0 Å². The number of carbonyl (C=O) groups is 1. The molecular formula is C20H20N2O3. The standard InChI is InChI=1S/C20H20N2O3/c1-13-7-9-15(10-8-13)18-12-22-20(25-18)17-6-4-3-5-16(17)19(24)21-11-14(2)23/h3-10,12,14,23H,11H2,1-2H3,(H,21,24). The van der Waals surface area contributed by atoms with E-state index in [1.54, 1.807) is 31.3 Å². The van der Waals surface area contributed by atoms with E-state index < -0.39 is 6.10 Å². The number of carbonyl (C=O) groups excluding carboxylic acids is 1. The Bertz CT molecular complexity index is 867. The van der Waals surface area contributed by atoms with Gasteiger partial charge in [0.15, 0.2) is 5.76 Å². The lowest BCUT2D eigenvalue weighted by Crippen LogP contribution is -2.30. The summed E-state index contributed by atoms with van der Waals surface area (Å²) in [6.07, 6.45) is 1.05. The molecule has 25 heavy (non-hydrogen) atoms. The van der Waals surface area contributed by atoms with Gasteiger partial charge in [-0.15, -0.1) is 0 Å². The first-order valence-corrected chi connectivity index (χ1v) is 8.13. The second kappa shape index (κ2) is 7.32. The molecule has 5 heteroatoms. The zero-order valence-electron chi connectivity index (χ0n) is 14.2. The van der Waals surface area contributed by atoms with Gasteiger partial charge in [-0.3, -0.25) is 4.79 Å². The van der Waals surface area contributed by atoms with Crippen molar-refractivity contribution in [1.29, 1.82) is 0 Å². The number of nitrogens with one attached hydrogen (secondary N) is 1. The lowest BCUT2D eigenvalue weighted by Gasteiger charge is -2.09. The third-order valence-corrected chi connectivity index (χ3v) is 3.80. The van der Waals surface area contributed by atoms with E-state index in [9.17, 15) is 9.90 Å². The lowest BCUT2D eigenvalue weighted by molar-refractivity contribution is 0.0924. The maximum atomic E-state index is 12.4. The molecule has 1 heterocycles. The molecule has 2 aromatic carbocycles. The van der Waals surface area contributed by atoms with Crippen LogP contribution < -0.4 is 5.32 Å². The normalized spacial score (nSPS) is 12.0. The highest BCUT2D eigenvalue weighted by Gasteiger charge is 2.17. The summed E-state index contributed by atoms with van der Waals surface area (Å²) in [5.74, 6) is 0.763. The average molecular weight is 336 g/mol. The Morgan fingerprint density at radius 1 is 1.20 bits per heavy atom. The molecule has 0 spiro atoms. The van der Waals surface area contributed by atoms with Crippen molar-refractivity contribution in [1.82, 2.24) is 10.3 Å². The molecule has 0 aliphatic rings. The minimum atomic E-state index is -0.606. The predicted molar refractivity (Wildman–Crippen MR) is 96.1 cm³/mol. The van der Waals surface area contributed by atoms with Crippen LogP contribution in [0.1, 0.15) is 22.8 Å². The number of rotatable bonds is 5. The maximum Gasteiger partial charge on any atom is 0.252 e. The third-order valence-electron chi connectivity index (χ3n) is 3.80. The first kappa shape index (κ1) is 16.9. The largest absolute Gasteiger partial charge is 0.436 e. The summed E-state index contributed by atoms with van der Waals surface area (Å²) in [5.41, 5.74) is 3.17. The molecule has 0 radical (unpaired) electrons. The molecule has 3 aromatic rings. The fourth-order valence-corrected chi connectivity index (χ4v) is 2.45. The molecule has 0 aliphatic heterocycles. The van der Waals surface area contributed by atoms with Gasteiger partial charge >= 0.3 is 0 Å². The van der Waals surface area contributed by atoms with Gasteiger partial charge in [0.05, 0.1) is 17.9 Å². The third kappa shape index (κ3) is 3.95. The van der Waals surface area contributed by atoms with Crippen LogP contribution in [-0.2, 0) is 0 Å². The van der Waals surface area contributed by atoms with Gasteiger partial charge in [-0.1, -0.05) is 42.0 Å². The van der Waals surface area contributed by atoms with E-state index >= 15 is 0 Å². The van der Waals surface area contributed by atoms with Gasteiger partial charge in [0, 0.05) is 17.7 Å². The summed E-state index contributed by atoms with van der Waals surface area (Å²) in [7, 11) is 0. The highest BCUT2D eigenvalue weighted by molar-refractivity contribution is 6.00. The highest BCUT2D eigenvalue weighted by atomic mass is 16.4. The van der Waals surface area contributed by atoms with Crippen molar-refractivity contribution in [2.75, 3.05) is 6.54 Å². The fourth-order valence-electron chi connectivity index (χ4n) is 2.45. The molecule has 0 aliphatic carbocycles. The van der Waals surface area contributed by atoms with Crippen LogP contribution in [0.15, 0.2) is 59.1 Å². The monoisotopic (exact) mass is 336 g/mol. The number of aryl methyl sites for hydroxylation is 1. The van der Waals surface area contributed by atoms with E-state index in [0.717, 1.165) is 5.56 Å². The van der Waals surface area contributed by atoms with Crippen LogP contribution in [0.5, 0.6) is 0 Å². The highest BCUT2D eigenvalue weighted by Crippen LogP contribution is 2.28. The number of oxazole rings is 1. The molecule has 0 saturated carbocycles. The van der Waals surface area contributed by atoms with Gasteiger partial charge in [0.1, 0.15) is 0 Å². The predicted octanol–water partition coefficient (Wildman–Crippen LogP) is 3.43. The fraction of sp³-hybridized carbons (Fsp3) is 0.200. The summed E-state index contributed by atoms with van der Waals surface area (Å²) < 4.78 is 5.87. The van der Waals surface area contributed by atoms with Gasteiger partial charge < -0.3 is 14.8 Å². The summed E-state index contributed by atoms with van der Waals surface area (Å²) >= 11 is 0. The summed E-state index contributed by atoms with van der Waals surface area (Å²) in [6, 6.07) is 15.1. The number of aromatic nitrogens is 1. The molecule has 128 valence electrons. The Kier molecular flexibility index (Phi) is 4.95. The van der Waals surface area contributed by atoms with Crippen molar-refractivity contribution in [3.8, 4) is 22.8 Å². The van der Waals surface area contributed by atoms with Gasteiger partial charge in [-0.2, -0.15) is 0 Å². The molecule has 1 aromatic heterocycles. The number of hydrogen-bond acceptors (Lipinski definition) is 4. The van der Waals surface area contributed by atoms with Crippen molar-refractivity contribution in [3.05, 3.63) is 65.9 Å². The zero-order chi connectivity index (χ0) is 17.8. The van der Waals surface area contributed by atoms with Crippen LogP contribution in [0.25, 0.3) is 22.8 Å². The molecule has 2 N–H and O–H groups in total. The van der Waals surface area contributed by atoms with Crippen LogP contribution in [0, 0.1) is 6.92 Å². The smallest absolute Gasteiger partial charge is 0.252 e. The van der Waals surface area contributed by atoms with E-state index in [1.807, 2.05) is 37.3 Å². The van der Waals surface area contributed by atoms with Crippen LogP contribution in [-0.4, -0.2) is 28.6 Å². The Labute approximate surface area is 146 Å². The number of nitrogens with zero attached hydrogens (tertiary/aromatic N) is 1. The second-order valence-corrected chi connectivity index (χ2v) is 6.00. The molecule has 3 rings (SSSR count). The summed E-state index contributed by atoms with van der Waals surface area (Å²) in [4.78, 5) is 16.7. The van der Waals surface area contributed by atoms with Crippen molar-refractivity contribution in [2.45, 2.75) is 20.0 Å². The van der Waals surface area contributed by atoms with E-state index in [2.05, 4.69) is 10.3 Å². The van der Waals surface area contributed by atoms with Crippen molar-refractivity contribution >= 4 is 5.91 Å². The number of hydrogen-bond donors (Lipinski definition) is 2. The minimum absolute atomic E-state index is 0.188. The Hall–Kier alpha value is -2.92. The van der Waals surface area contributed by atoms with Crippen LogP contribution >= 0.6 is 0 Å². The Morgan fingerprint density at radius 2 is 1.92 bits per heavy atom. The first-order valence-electron chi connectivity index (χ1n) is 8.13. The van der Waals surface area contributed by atoms with Crippen molar-refractivity contribution in [2.24, 2.45) is 0 Å².